The van der Waals surface area contributed by atoms with Crippen molar-refractivity contribution in [1.82, 2.24) is 4.98 Å². The molecule has 3 N–H and O–H groups in total. The van der Waals surface area contributed by atoms with Gasteiger partial charge >= 0.3 is 0 Å². The molecule has 0 spiro atoms. The Hall–Kier alpha value is -2.60. The smallest absolute Gasteiger partial charge is 0.258 e. The van der Waals surface area contributed by atoms with Gasteiger partial charge in [-0.3, -0.25) is 4.79 Å². The Kier molecular flexibility index (Phi) is 3.45. The standard InChI is InChI=1S/C15H17N5O/c1-19-8-9-20(13-5-3-2-4-12(13)19)15(21)11-6-7-17-14(10-11)18-16/h2-7,10H,8-9,16H2,1H3,(H,17,18). The summed E-state index contributed by atoms with van der Waals surface area (Å²) in [6.45, 7) is 1.45. The summed E-state index contributed by atoms with van der Waals surface area (Å²) in [5, 5.41) is 0. The summed E-state index contributed by atoms with van der Waals surface area (Å²) in [6.07, 6.45) is 1.57. The number of hydrogen-bond acceptors (Lipinski definition) is 5. The van der Waals surface area contributed by atoms with E-state index in [-0.39, 0.29) is 5.91 Å². The molecule has 0 aliphatic carbocycles. The number of nitrogens with one attached hydrogen (secondary N) is 1. The first-order valence-corrected chi connectivity index (χ1v) is 6.75. The number of nitrogens with two attached hydrogens (primary N) is 1. The number of para-hydroxylation sites is 2. The molecule has 0 saturated carbocycles. The number of anilines is 3. The molecular weight excluding hydrogens is 266 g/mol. The molecule has 0 saturated heterocycles. The highest BCUT2D eigenvalue weighted by molar-refractivity contribution is 6.08. The molecule has 3 rings (SSSR count). The fraction of sp³-hybridized carbons (Fsp3) is 0.200. The zero-order valence-electron chi connectivity index (χ0n) is 11.8. The van der Waals surface area contributed by atoms with Gasteiger partial charge in [0.05, 0.1) is 11.4 Å². The van der Waals surface area contributed by atoms with Gasteiger partial charge in [0.2, 0.25) is 0 Å². The SMILES string of the molecule is CN1CCN(C(=O)c2ccnc(NN)c2)c2ccccc21. The molecule has 2 aromatic rings. The third-order valence-electron chi connectivity index (χ3n) is 3.64. The Morgan fingerprint density at radius 1 is 1.24 bits per heavy atom. The highest BCUT2D eigenvalue weighted by Gasteiger charge is 2.25. The van der Waals surface area contributed by atoms with Crippen molar-refractivity contribution in [2.45, 2.75) is 0 Å². The molecule has 6 nitrogen and oxygen atoms in total. The number of benzene rings is 1. The number of fused-ring (bicyclic) bond motifs is 1. The van der Waals surface area contributed by atoms with Crippen molar-refractivity contribution < 1.29 is 4.79 Å². The van der Waals surface area contributed by atoms with Gasteiger partial charge in [-0.2, -0.15) is 0 Å². The van der Waals surface area contributed by atoms with E-state index >= 15 is 0 Å². The highest BCUT2D eigenvalue weighted by Crippen LogP contribution is 2.32. The Morgan fingerprint density at radius 3 is 2.76 bits per heavy atom. The molecule has 0 radical (unpaired) electrons. The Morgan fingerprint density at radius 2 is 2.00 bits per heavy atom. The fourth-order valence-corrected chi connectivity index (χ4v) is 2.52. The van der Waals surface area contributed by atoms with Crippen LogP contribution in [0.15, 0.2) is 42.6 Å². The summed E-state index contributed by atoms with van der Waals surface area (Å²) in [5.74, 6) is 5.78. The average Bonchev–Trinajstić information content (AvgIpc) is 2.55. The normalized spacial score (nSPS) is 13.8. The Balaban J connectivity index is 1.97. The van der Waals surface area contributed by atoms with Gasteiger partial charge in [-0.1, -0.05) is 12.1 Å². The predicted molar refractivity (Wildman–Crippen MR) is 83.4 cm³/mol. The number of hydrazine groups is 1. The Bertz CT molecular complexity index is 673. The summed E-state index contributed by atoms with van der Waals surface area (Å²) in [7, 11) is 2.03. The minimum Gasteiger partial charge on any atom is -0.371 e. The quantitative estimate of drug-likeness (QED) is 0.645. The van der Waals surface area contributed by atoms with Crippen molar-refractivity contribution in [2.24, 2.45) is 5.84 Å². The number of amides is 1. The monoisotopic (exact) mass is 283 g/mol. The highest BCUT2D eigenvalue weighted by atomic mass is 16.2. The van der Waals surface area contributed by atoms with Crippen LogP contribution >= 0.6 is 0 Å². The molecule has 0 atom stereocenters. The number of rotatable bonds is 2. The van der Waals surface area contributed by atoms with E-state index in [1.807, 2.05) is 31.3 Å². The lowest BCUT2D eigenvalue weighted by molar-refractivity contribution is 0.0986. The third kappa shape index (κ3) is 2.41. The number of carbonyl (C=O) groups is 1. The zero-order chi connectivity index (χ0) is 14.8. The van der Waals surface area contributed by atoms with E-state index in [9.17, 15) is 4.79 Å². The van der Waals surface area contributed by atoms with Crippen LogP contribution in [0.3, 0.4) is 0 Å². The molecule has 1 aromatic heterocycles. The predicted octanol–water partition coefficient (Wildman–Crippen LogP) is 1.46. The van der Waals surface area contributed by atoms with E-state index in [1.165, 1.54) is 0 Å². The molecule has 0 bridgehead atoms. The van der Waals surface area contributed by atoms with Gasteiger partial charge in [-0.25, -0.2) is 10.8 Å². The zero-order valence-corrected chi connectivity index (χ0v) is 11.8. The Labute approximate surface area is 123 Å². The van der Waals surface area contributed by atoms with E-state index in [1.54, 1.807) is 23.2 Å². The molecule has 1 aliphatic rings. The molecule has 21 heavy (non-hydrogen) atoms. The maximum atomic E-state index is 12.7. The molecule has 0 fully saturated rings. The van der Waals surface area contributed by atoms with Crippen molar-refractivity contribution in [3.63, 3.8) is 0 Å². The second-order valence-corrected chi connectivity index (χ2v) is 4.94. The van der Waals surface area contributed by atoms with Gasteiger partial charge in [0.15, 0.2) is 0 Å². The van der Waals surface area contributed by atoms with E-state index < -0.39 is 0 Å². The van der Waals surface area contributed by atoms with E-state index in [4.69, 9.17) is 5.84 Å². The van der Waals surface area contributed by atoms with Gasteiger partial charge < -0.3 is 15.2 Å². The first-order valence-electron chi connectivity index (χ1n) is 6.75. The fourth-order valence-electron chi connectivity index (χ4n) is 2.52. The van der Waals surface area contributed by atoms with Crippen molar-refractivity contribution >= 4 is 23.1 Å². The van der Waals surface area contributed by atoms with Crippen molar-refractivity contribution in [3.05, 3.63) is 48.2 Å². The summed E-state index contributed by atoms with van der Waals surface area (Å²) in [4.78, 5) is 20.7. The van der Waals surface area contributed by atoms with Crippen LogP contribution in [-0.2, 0) is 0 Å². The van der Waals surface area contributed by atoms with E-state index in [2.05, 4.69) is 15.3 Å². The number of hydrogen-bond donors (Lipinski definition) is 2. The number of nitrogen functional groups attached to an aromatic ring is 1. The summed E-state index contributed by atoms with van der Waals surface area (Å²) < 4.78 is 0. The molecule has 1 aromatic carbocycles. The molecule has 1 aliphatic heterocycles. The lowest BCUT2D eigenvalue weighted by Crippen LogP contribution is -2.42. The van der Waals surface area contributed by atoms with Gasteiger partial charge in [0.25, 0.3) is 5.91 Å². The van der Waals surface area contributed by atoms with Crippen LogP contribution in [0.25, 0.3) is 0 Å². The van der Waals surface area contributed by atoms with E-state index in [0.29, 0.717) is 17.9 Å². The maximum absolute atomic E-state index is 12.7. The van der Waals surface area contributed by atoms with Crippen molar-refractivity contribution in [1.29, 1.82) is 0 Å². The minimum atomic E-state index is -0.0468. The lowest BCUT2D eigenvalue weighted by atomic mass is 10.1. The second-order valence-electron chi connectivity index (χ2n) is 4.94. The van der Waals surface area contributed by atoms with Gasteiger partial charge in [-0.05, 0) is 24.3 Å². The summed E-state index contributed by atoms with van der Waals surface area (Å²) in [6, 6.07) is 11.3. The molecule has 0 unspecified atom stereocenters. The molecule has 1 amide bonds. The maximum Gasteiger partial charge on any atom is 0.258 e. The van der Waals surface area contributed by atoms with Crippen LogP contribution in [0.1, 0.15) is 10.4 Å². The average molecular weight is 283 g/mol. The molecule has 2 heterocycles. The number of aromatic nitrogens is 1. The number of pyridine rings is 1. The van der Waals surface area contributed by atoms with E-state index in [0.717, 1.165) is 17.9 Å². The van der Waals surface area contributed by atoms with Gasteiger partial charge in [-0.15, -0.1) is 0 Å². The lowest BCUT2D eigenvalue weighted by Gasteiger charge is -2.35. The third-order valence-corrected chi connectivity index (χ3v) is 3.64. The summed E-state index contributed by atoms with van der Waals surface area (Å²) >= 11 is 0. The first-order chi connectivity index (χ1) is 10.2. The van der Waals surface area contributed by atoms with Crippen LogP contribution in [0, 0.1) is 0 Å². The van der Waals surface area contributed by atoms with Crippen molar-refractivity contribution in [2.75, 3.05) is 35.4 Å². The van der Waals surface area contributed by atoms with Crippen LogP contribution < -0.4 is 21.1 Å². The topological polar surface area (TPSA) is 74.5 Å². The molecular formula is C15H17N5O. The number of likely N-dealkylation sites (N-methyl/N-ethyl adjacent to an activating group) is 1. The molecule has 108 valence electrons. The van der Waals surface area contributed by atoms with Gasteiger partial charge in [0, 0.05) is 31.9 Å². The number of carbonyl (C=O) groups excluding carboxylic acids is 1. The first kappa shape index (κ1) is 13.4. The van der Waals surface area contributed by atoms with Crippen LogP contribution in [-0.4, -0.2) is 31.0 Å². The van der Waals surface area contributed by atoms with Crippen LogP contribution in [0.4, 0.5) is 17.2 Å². The van der Waals surface area contributed by atoms with Crippen molar-refractivity contribution in [3.8, 4) is 0 Å². The van der Waals surface area contributed by atoms with Crippen LogP contribution in [0.2, 0.25) is 0 Å². The second kappa shape index (κ2) is 5.41. The van der Waals surface area contributed by atoms with Gasteiger partial charge in [0.1, 0.15) is 5.82 Å². The van der Waals surface area contributed by atoms with Crippen LogP contribution in [0.5, 0.6) is 0 Å². The minimum absolute atomic E-state index is 0.0468. The number of nitrogens with zero attached hydrogens (tertiary/aromatic N) is 3. The molecule has 6 heteroatoms. The largest absolute Gasteiger partial charge is 0.371 e. The summed E-state index contributed by atoms with van der Waals surface area (Å²) in [5.41, 5.74) is 5.01.